The van der Waals surface area contributed by atoms with Gasteiger partial charge in [0.2, 0.25) is 0 Å². The summed E-state index contributed by atoms with van der Waals surface area (Å²) in [6.07, 6.45) is 3.59. The van der Waals surface area contributed by atoms with Gasteiger partial charge in [0.15, 0.2) is 0 Å². The Morgan fingerprint density at radius 2 is 2.00 bits per heavy atom. The van der Waals surface area contributed by atoms with E-state index in [2.05, 4.69) is 6.92 Å². The van der Waals surface area contributed by atoms with Crippen molar-refractivity contribution in [2.45, 2.75) is 38.7 Å². The first-order chi connectivity index (χ1) is 4.31. The minimum atomic E-state index is -0.489. The molecule has 0 saturated carbocycles. The van der Waals surface area contributed by atoms with Crippen molar-refractivity contribution in [1.82, 2.24) is 0 Å². The summed E-state index contributed by atoms with van der Waals surface area (Å²) in [5, 5.41) is 17.2. The zero-order valence-corrected chi connectivity index (χ0v) is 6.01. The fourth-order valence-electron chi connectivity index (χ4n) is 0.721. The Morgan fingerprint density at radius 1 is 1.33 bits per heavy atom. The van der Waals surface area contributed by atoms with E-state index in [9.17, 15) is 0 Å². The second-order valence-electron chi connectivity index (χ2n) is 2.33. The van der Waals surface area contributed by atoms with Gasteiger partial charge >= 0.3 is 0 Å². The molecule has 2 nitrogen and oxygen atoms in total. The number of unbranched alkanes of at least 4 members (excludes halogenated alkanes) is 2. The van der Waals surface area contributed by atoms with Gasteiger partial charge in [-0.2, -0.15) is 0 Å². The molecule has 0 aliphatic heterocycles. The Labute approximate surface area is 56.5 Å². The largest absolute Gasteiger partial charge is 0.394 e. The lowest BCUT2D eigenvalue weighted by atomic mass is 10.1. The van der Waals surface area contributed by atoms with Crippen LogP contribution in [0.15, 0.2) is 0 Å². The van der Waals surface area contributed by atoms with Crippen LogP contribution >= 0.6 is 0 Å². The number of aliphatic hydroxyl groups is 2. The van der Waals surface area contributed by atoms with E-state index in [1.807, 2.05) is 0 Å². The molecule has 1 atom stereocenters. The highest BCUT2D eigenvalue weighted by atomic mass is 16.3. The average Bonchev–Trinajstić information content (AvgIpc) is 1.89. The SMILES string of the molecule is CCCCCC(O)CO. The van der Waals surface area contributed by atoms with E-state index < -0.39 is 6.10 Å². The van der Waals surface area contributed by atoms with Crippen molar-refractivity contribution in [3.8, 4) is 0 Å². The van der Waals surface area contributed by atoms with E-state index in [1.165, 1.54) is 0 Å². The molecule has 2 N–H and O–H groups in total. The molecule has 0 heterocycles. The van der Waals surface area contributed by atoms with Crippen LogP contribution in [0.4, 0.5) is 0 Å². The van der Waals surface area contributed by atoms with Gasteiger partial charge in [-0.15, -0.1) is 0 Å². The van der Waals surface area contributed by atoms with Crippen LogP contribution in [0.2, 0.25) is 0 Å². The standard InChI is InChI=1S/C7H16O2/c1-2-3-4-5-7(9)6-8/h7-9H,2-6H2,1H3. The number of hydrogen-bond acceptors (Lipinski definition) is 2. The van der Waals surface area contributed by atoms with Crippen LogP contribution in [0, 0.1) is 0 Å². The Bertz CT molecular complexity index is 54.9. The summed E-state index contributed by atoms with van der Waals surface area (Å²) in [4.78, 5) is 0. The van der Waals surface area contributed by atoms with Crippen molar-refractivity contribution in [2.24, 2.45) is 0 Å². The number of hydrogen-bond donors (Lipinski definition) is 2. The van der Waals surface area contributed by atoms with Crippen LogP contribution in [-0.4, -0.2) is 22.9 Å². The van der Waals surface area contributed by atoms with Gasteiger partial charge in [0.05, 0.1) is 12.7 Å². The molecule has 0 saturated heterocycles. The highest BCUT2D eigenvalue weighted by Gasteiger charge is 1.98. The van der Waals surface area contributed by atoms with Crippen molar-refractivity contribution >= 4 is 0 Å². The molecule has 0 aromatic heterocycles. The van der Waals surface area contributed by atoms with Crippen molar-refractivity contribution in [2.75, 3.05) is 6.61 Å². The third kappa shape index (κ3) is 5.80. The Balaban J connectivity index is 2.88. The molecule has 0 aromatic carbocycles. The molecule has 0 fully saturated rings. The zero-order valence-electron chi connectivity index (χ0n) is 6.01. The first kappa shape index (κ1) is 8.92. The molecule has 0 spiro atoms. The Morgan fingerprint density at radius 3 is 2.44 bits per heavy atom. The molecule has 2 heteroatoms. The van der Waals surface area contributed by atoms with Crippen LogP contribution in [0.3, 0.4) is 0 Å². The molecule has 0 aliphatic rings. The normalized spacial score (nSPS) is 13.7. The average molecular weight is 132 g/mol. The first-order valence-corrected chi connectivity index (χ1v) is 3.60. The molecule has 0 bridgehead atoms. The van der Waals surface area contributed by atoms with Gasteiger partial charge in [-0.05, 0) is 6.42 Å². The third-order valence-corrected chi connectivity index (χ3v) is 1.35. The predicted octanol–water partition coefficient (Wildman–Crippen LogP) is 0.920. The lowest BCUT2D eigenvalue weighted by Crippen LogP contribution is -2.10. The van der Waals surface area contributed by atoms with Crippen LogP contribution in [0.5, 0.6) is 0 Å². The van der Waals surface area contributed by atoms with Crippen LogP contribution in [0.25, 0.3) is 0 Å². The van der Waals surface area contributed by atoms with Gasteiger partial charge in [-0.1, -0.05) is 26.2 Å². The number of rotatable bonds is 5. The van der Waals surface area contributed by atoms with Gasteiger partial charge in [-0.25, -0.2) is 0 Å². The summed E-state index contributed by atoms with van der Waals surface area (Å²) < 4.78 is 0. The monoisotopic (exact) mass is 132 g/mol. The van der Waals surface area contributed by atoms with Gasteiger partial charge in [-0.3, -0.25) is 0 Å². The maximum Gasteiger partial charge on any atom is 0.0770 e. The summed E-state index contributed by atoms with van der Waals surface area (Å²) in [5.41, 5.74) is 0. The molecule has 56 valence electrons. The minimum absolute atomic E-state index is 0.0935. The van der Waals surface area contributed by atoms with E-state index in [0.717, 1.165) is 25.7 Å². The van der Waals surface area contributed by atoms with Gasteiger partial charge in [0.25, 0.3) is 0 Å². The molecule has 0 amide bonds. The predicted molar refractivity (Wildman–Crippen MR) is 37.2 cm³/mol. The highest BCUT2D eigenvalue weighted by molar-refractivity contribution is 4.51. The third-order valence-electron chi connectivity index (χ3n) is 1.35. The molecule has 0 radical (unpaired) electrons. The Hall–Kier alpha value is -0.0800. The summed E-state index contributed by atoms with van der Waals surface area (Å²) in [6.45, 7) is 2.02. The van der Waals surface area contributed by atoms with Crippen LogP contribution < -0.4 is 0 Å². The lowest BCUT2D eigenvalue weighted by molar-refractivity contribution is 0.0861. The van der Waals surface area contributed by atoms with Gasteiger partial charge < -0.3 is 10.2 Å². The summed E-state index contributed by atoms with van der Waals surface area (Å²) in [7, 11) is 0. The smallest absolute Gasteiger partial charge is 0.0770 e. The van der Waals surface area contributed by atoms with Crippen molar-refractivity contribution in [1.29, 1.82) is 0 Å². The molecule has 0 aromatic rings. The van der Waals surface area contributed by atoms with Crippen LogP contribution in [-0.2, 0) is 0 Å². The molecular formula is C7H16O2. The van der Waals surface area contributed by atoms with E-state index >= 15 is 0 Å². The van der Waals surface area contributed by atoms with Crippen molar-refractivity contribution in [3.63, 3.8) is 0 Å². The van der Waals surface area contributed by atoms with E-state index in [1.54, 1.807) is 0 Å². The molecular weight excluding hydrogens is 116 g/mol. The fraction of sp³-hybridized carbons (Fsp3) is 1.00. The van der Waals surface area contributed by atoms with Crippen LogP contribution in [0.1, 0.15) is 32.6 Å². The quantitative estimate of drug-likeness (QED) is 0.546. The van der Waals surface area contributed by atoms with Crippen molar-refractivity contribution in [3.05, 3.63) is 0 Å². The molecule has 0 rings (SSSR count). The van der Waals surface area contributed by atoms with E-state index in [-0.39, 0.29) is 6.61 Å². The Kier molecular flexibility index (Phi) is 5.99. The van der Waals surface area contributed by atoms with Crippen molar-refractivity contribution < 1.29 is 10.2 Å². The first-order valence-electron chi connectivity index (χ1n) is 3.60. The second kappa shape index (κ2) is 6.05. The van der Waals surface area contributed by atoms with E-state index in [4.69, 9.17) is 10.2 Å². The molecule has 9 heavy (non-hydrogen) atoms. The summed E-state index contributed by atoms with van der Waals surface area (Å²) in [5.74, 6) is 0. The second-order valence-corrected chi connectivity index (χ2v) is 2.33. The maximum atomic E-state index is 8.83. The molecule has 1 unspecified atom stereocenters. The lowest BCUT2D eigenvalue weighted by Gasteiger charge is -2.04. The van der Waals surface area contributed by atoms with Gasteiger partial charge in [0, 0.05) is 0 Å². The minimum Gasteiger partial charge on any atom is -0.394 e. The van der Waals surface area contributed by atoms with Gasteiger partial charge in [0.1, 0.15) is 0 Å². The zero-order chi connectivity index (χ0) is 7.11. The molecule has 0 aliphatic carbocycles. The fourth-order valence-corrected chi connectivity index (χ4v) is 0.721. The maximum absolute atomic E-state index is 8.83. The summed E-state index contributed by atoms with van der Waals surface area (Å²) in [6, 6.07) is 0. The van der Waals surface area contributed by atoms with E-state index in [0.29, 0.717) is 0 Å². The summed E-state index contributed by atoms with van der Waals surface area (Å²) >= 11 is 0. The number of aliphatic hydroxyl groups excluding tert-OH is 2. The topological polar surface area (TPSA) is 40.5 Å². The highest BCUT2D eigenvalue weighted by Crippen LogP contribution is 2.01.